The van der Waals surface area contributed by atoms with Gasteiger partial charge in [0.15, 0.2) is 11.0 Å². The Kier molecular flexibility index (Phi) is 2.79. The summed E-state index contributed by atoms with van der Waals surface area (Å²) in [5.74, 6) is -1.27. The lowest BCUT2D eigenvalue weighted by Gasteiger charge is -2.05. The summed E-state index contributed by atoms with van der Waals surface area (Å²) < 4.78 is 33.8. The molecule has 0 aliphatic rings. The third-order valence-corrected chi connectivity index (χ3v) is 2.55. The van der Waals surface area contributed by atoms with Gasteiger partial charge in [-0.05, 0) is 12.1 Å². The maximum atomic E-state index is 13.2. The van der Waals surface area contributed by atoms with Crippen LogP contribution in [0, 0.1) is 11.6 Å². The van der Waals surface area contributed by atoms with Gasteiger partial charge in [-0.15, -0.1) is 0 Å². The van der Waals surface area contributed by atoms with Gasteiger partial charge in [0.05, 0.1) is 11.7 Å². The highest BCUT2D eigenvalue weighted by Gasteiger charge is 2.12. The van der Waals surface area contributed by atoms with E-state index in [4.69, 9.17) is 11.6 Å². The zero-order chi connectivity index (χ0) is 10.8. The quantitative estimate of drug-likeness (QED) is 0.886. The summed E-state index contributed by atoms with van der Waals surface area (Å²) in [5, 5.41) is 2.53. The fraction of sp³-hybridized carbons (Fsp3) is 0. The van der Waals surface area contributed by atoms with Crippen LogP contribution in [0.1, 0.15) is 0 Å². The molecule has 7 heteroatoms. The van der Waals surface area contributed by atoms with Crippen LogP contribution in [-0.4, -0.2) is 8.75 Å². The van der Waals surface area contributed by atoms with Crippen LogP contribution in [0.15, 0.2) is 18.2 Å². The van der Waals surface area contributed by atoms with Crippen molar-refractivity contribution in [1.82, 2.24) is 8.75 Å². The van der Waals surface area contributed by atoms with Crippen LogP contribution in [0.25, 0.3) is 0 Å². The molecule has 0 aliphatic carbocycles. The van der Waals surface area contributed by atoms with Gasteiger partial charge < -0.3 is 5.32 Å². The molecule has 3 nitrogen and oxygen atoms in total. The molecule has 78 valence electrons. The Morgan fingerprint density at radius 3 is 2.40 bits per heavy atom. The molecule has 0 bridgehead atoms. The van der Waals surface area contributed by atoms with Gasteiger partial charge >= 0.3 is 0 Å². The van der Waals surface area contributed by atoms with E-state index in [1.807, 2.05) is 0 Å². The standard InChI is InChI=1S/C8H4ClF2N3S/c9-7-8(14-15-13-7)12-6-4(10)2-1-3-5(6)11/h1-3H,(H,12,14). The van der Waals surface area contributed by atoms with E-state index in [0.717, 1.165) is 23.9 Å². The molecule has 0 saturated carbocycles. The molecule has 0 spiro atoms. The second-order valence-corrected chi connectivity index (χ2v) is 3.51. The van der Waals surface area contributed by atoms with E-state index < -0.39 is 11.6 Å². The van der Waals surface area contributed by atoms with Crippen molar-refractivity contribution in [2.24, 2.45) is 0 Å². The predicted octanol–water partition coefficient (Wildman–Crippen LogP) is 3.21. The number of halogens is 3. The van der Waals surface area contributed by atoms with Crippen molar-refractivity contribution < 1.29 is 8.78 Å². The number of aromatic nitrogens is 2. The zero-order valence-corrected chi connectivity index (χ0v) is 8.74. The molecule has 15 heavy (non-hydrogen) atoms. The Hall–Kier alpha value is -1.27. The third kappa shape index (κ3) is 2.05. The summed E-state index contributed by atoms with van der Waals surface area (Å²) in [6, 6.07) is 3.55. The Bertz CT molecular complexity index is 468. The molecule has 0 aliphatic heterocycles. The van der Waals surface area contributed by atoms with Gasteiger partial charge in [0.25, 0.3) is 0 Å². The Balaban J connectivity index is 2.36. The molecule has 0 amide bonds. The first-order valence-corrected chi connectivity index (χ1v) is 4.98. The topological polar surface area (TPSA) is 37.8 Å². The average molecular weight is 248 g/mol. The number of hydrogen-bond acceptors (Lipinski definition) is 4. The van der Waals surface area contributed by atoms with E-state index in [9.17, 15) is 8.78 Å². The van der Waals surface area contributed by atoms with Crippen LogP contribution >= 0.6 is 23.3 Å². The summed E-state index contributed by atoms with van der Waals surface area (Å²) in [6.45, 7) is 0. The van der Waals surface area contributed by atoms with E-state index in [-0.39, 0.29) is 16.7 Å². The van der Waals surface area contributed by atoms with E-state index in [1.165, 1.54) is 6.07 Å². The fourth-order valence-electron chi connectivity index (χ4n) is 0.988. The minimum Gasteiger partial charge on any atom is -0.332 e. The van der Waals surface area contributed by atoms with Crippen molar-refractivity contribution in [3.8, 4) is 0 Å². The zero-order valence-electron chi connectivity index (χ0n) is 7.17. The fourth-order valence-corrected chi connectivity index (χ4v) is 1.63. The number of rotatable bonds is 2. The van der Waals surface area contributed by atoms with Crippen LogP contribution < -0.4 is 5.32 Å². The number of hydrogen-bond donors (Lipinski definition) is 1. The van der Waals surface area contributed by atoms with Crippen LogP contribution in [0.5, 0.6) is 0 Å². The van der Waals surface area contributed by atoms with Crippen LogP contribution in [0.3, 0.4) is 0 Å². The SMILES string of the molecule is Fc1cccc(F)c1Nc1nsnc1Cl. The molecule has 0 fully saturated rings. The van der Waals surface area contributed by atoms with E-state index in [2.05, 4.69) is 14.1 Å². The minimum absolute atomic E-state index is 0.0858. The van der Waals surface area contributed by atoms with Gasteiger partial charge in [0, 0.05) is 0 Å². The van der Waals surface area contributed by atoms with Crippen LogP contribution in [-0.2, 0) is 0 Å². The normalized spacial score (nSPS) is 10.3. The van der Waals surface area contributed by atoms with Crippen molar-refractivity contribution in [2.45, 2.75) is 0 Å². The number of benzene rings is 1. The van der Waals surface area contributed by atoms with E-state index in [1.54, 1.807) is 0 Å². The van der Waals surface area contributed by atoms with Gasteiger partial charge in [-0.1, -0.05) is 17.7 Å². The molecule has 1 heterocycles. The minimum atomic E-state index is -0.709. The molecule has 2 aromatic rings. The summed E-state index contributed by atoms with van der Waals surface area (Å²) in [6.07, 6.45) is 0. The first-order valence-electron chi connectivity index (χ1n) is 3.87. The molecule has 1 aromatic heterocycles. The third-order valence-electron chi connectivity index (χ3n) is 1.65. The Morgan fingerprint density at radius 2 is 1.87 bits per heavy atom. The van der Waals surface area contributed by atoms with Crippen LogP contribution in [0.2, 0.25) is 5.15 Å². The smallest absolute Gasteiger partial charge is 0.187 e. The van der Waals surface area contributed by atoms with Crippen molar-refractivity contribution in [2.75, 3.05) is 5.32 Å². The largest absolute Gasteiger partial charge is 0.332 e. The summed E-state index contributed by atoms with van der Waals surface area (Å²) in [7, 11) is 0. The van der Waals surface area contributed by atoms with Crippen molar-refractivity contribution in [3.63, 3.8) is 0 Å². The molecule has 0 atom stereocenters. The molecule has 1 aromatic carbocycles. The average Bonchev–Trinajstić information content (AvgIpc) is 2.58. The van der Waals surface area contributed by atoms with Gasteiger partial charge in [0.2, 0.25) is 0 Å². The highest BCUT2D eigenvalue weighted by molar-refractivity contribution is 6.99. The number of para-hydroxylation sites is 1. The molecular weight excluding hydrogens is 244 g/mol. The highest BCUT2D eigenvalue weighted by Crippen LogP contribution is 2.26. The molecule has 2 rings (SSSR count). The van der Waals surface area contributed by atoms with Gasteiger partial charge in [-0.2, -0.15) is 8.75 Å². The van der Waals surface area contributed by atoms with Crippen molar-refractivity contribution in [1.29, 1.82) is 0 Å². The highest BCUT2D eigenvalue weighted by atomic mass is 35.5. The Labute approximate surface area is 93.0 Å². The summed E-state index contributed by atoms with van der Waals surface area (Å²) in [4.78, 5) is 0. The first-order chi connectivity index (χ1) is 7.18. The maximum absolute atomic E-state index is 13.2. The molecule has 1 N–H and O–H groups in total. The molecule has 0 saturated heterocycles. The van der Waals surface area contributed by atoms with Gasteiger partial charge in [-0.3, -0.25) is 0 Å². The molecular formula is C8H4ClF2N3S. The number of nitrogens with one attached hydrogen (secondary N) is 1. The number of nitrogens with zero attached hydrogens (tertiary/aromatic N) is 2. The van der Waals surface area contributed by atoms with Crippen LogP contribution in [0.4, 0.5) is 20.3 Å². The van der Waals surface area contributed by atoms with Crippen molar-refractivity contribution in [3.05, 3.63) is 35.0 Å². The van der Waals surface area contributed by atoms with Gasteiger partial charge in [-0.25, -0.2) is 8.78 Å². The summed E-state index contributed by atoms with van der Waals surface area (Å²) in [5.41, 5.74) is -0.285. The van der Waals surface area contributed by atoms with Crippen molar-refractivity contribution >= 4 is 34.8 Å². The lowest BCUT2D eigenvalue weighted by atomic mass is 10.3. The summed E-state index contributed by atoms with van der Waals surface area (Å²) >= 11 is 6.48. The second kappa shape index (κ2) is 4.08. The Morgan fingerprint density at radius 1 is 1.20 bits per heavy atom. The van der Waals surface area contributed by atoms with Gasteiger partial charge in [0.1, 0.15) is 17.3 Å². The maximum Gasteiger partial charge on any atom is 0.187 e. The molecule has 0 radical (unpaired) electrons. The van der Waals surface area contributed by atoms with E-state index >= 15 is 0 Å². The molecule has 0 unspecified atom stereocenters. The monoisotopic (exact) mass is 247 g/mol. The van der Waals surface area contributed by atoms with E-state index in [0.29, 0.717) is 0 Å². The number of anilines is 2. The lowest BCUT2D eigenvalue weighted by molar-refractivity contribution is 0.590. The lowest BCUT2D eigenvalue weighted by Crippen LogP contribution is -1.97. The second-order valence-electron chi connectivity index (χ2n) is 2.63. The predicted molar refractivity (Wildman–Crippen MR) is 54.6 cm³/mol. The first kappa shape index (κ1) is 10.3.